The summed E-state index contributed by atoms with van der Waals surface area (Å²) in [7, 11) is 2.20. The lowest BCUT2D eigenvalue weighted by molar-refractivity contribution is 0.274. The number of fused-ring (bicyclic) bond motifs is 5. The summed E-state index contributed by atoms with van der Waals surface area (Å²) in [6.07, 6.45) is 3.19. The van der Waals surface area contributed by atoms with Gasteiger partial charge in [-0.2, -0.15) is 5.10 Å². The molecule has 0 aromatic carbocycles. The zero-order valence-corrected chi connectivity index (χ0v) is 6.57. The second kappa shape index (κ2) is 1.67. The molecule has 0 N–H and O–H groups in total. The largest absolute Gasteiger partial charge is 0.296 e. The predicted molar refractivity (Wildman–Crippen MR) is 41.3 cm³/mol. The summed E-state index contributed by atoms with van der Waals surface area (Å²) < 4.78 is 2.19. The van der Waals surface area contributed by atoms with Crippen LogP contribution in [-0.4, -0.2) is 28.3 Å². The lowest BCUT2D eigenvalue weighted by Crippen LogP contribution is -2.26. The highest BCUT2D eigenvalue weighted by atomic mass is 15.4. The zero-order valence-electron chi connectivity index (χ0n) is 6.57. The summed E-state index contributed by atoms with van der Waals surface area (Å²) in [6.45, 7) is 1.18. The van der Waals surface area contributed by atoms with Crippen molar-refractivity contribution in [3.63, 3.8) is 0 Å². The summed E-state index contributed by atoms with van der Waals surface area (Å²) in [6, 6.07) is 3.46. The van der Waals surface area contributed by atoms with Gasteiger partial charge in [0, 0.05) is 12.7 Å². The van der Waals surface area contributed by atoms with E-state index in [-0.39, 0.29) is 0 Å². The Labute approximate surface area is 65.6 Å². The first kappa shape index (κ1) is 5.77. The normalized spacial score (nSPS) is 34.6. The SMILES string of the molecule is CN1CC2CC1c1ccnn12. The lowest BCUT2D eigenvalue weighted by atomic mass is 10.2. The van der Waals surface area contributed by atoms with Gasteiger partial charge < -0.3 is 0 Å². The number of hydrogen-bond acceptors (Lipinski definition) is 2. The van der Waals surface area contributed by atoms with E-state index >= 15 is 0 Å². The first-order valence-corrected chi connectivity index (χ1v) is 4.10. The first-order chi connectivity index (χ1) is 5.36. The zero-order chi connectivity index (χ0) is 7.42. The molecule has 2 atom stereocenters. The van der Waals surface area contributed by atoms with E-state index in [2.05, 4.69) is 27.8 Å². The first-order valence-electron chi connectivity index (χ1n) is 4.10. The molecular formula is C8H11N3. The van der Waals surface area contributed by atoms with Crippen molar-refractivity contribution < 1.29 is 0 Å². The molecule has 2 bridgehead atoms. The molecule has 2 unspecified atom stereocenters. The van der Waals surface area contributed by atoms with Crippen molar-refractivity contribution in [1.82, 2.24) is 14.7 Å². The Bertz CT molecular complexity index is 291. The van der Waals surface area contributed by atoms with E-state index in [4.69, 9.17) is 0 Å². The van der Waals surface area contributed by atoms with Crippen LogP contribution in [0, 0.1) is 0 Å². The van der Waals surface area contributed by atoms with E-state index in [0.29, 0.717) is 12.1 Å². The number of nitrogens with zero attached hydrogens (tertiary/aromatic N) is 3. The number of likely N-dealkylation sites (tertiary alicyclic amines) is 1. The third kappa shape index (κ3) is 0.554. The fourth-order valence-corrected chi connectivity index (χ4v) is 2.39. The van der Waals surface area contributed by atoms with Crippen molar-refractivity contribution in [1.29, 1.82) is 0 Å². The van der Waals surface area contributed by atoms with Gasteiger partial charge in [0.05, 0.1) is 17.8 Å². The average Bonchev–Trinajstić information content (AvgIpc) is 2.52. The Morgan fingerprint density at radius 2 is 2.55 bits per heavy atom. The van der Waals surface area contributed by atoms with Crippen molar-refractivity contribution in [3.8, 4) is 0 Å². The van der Waals surface area contributed by atoms with Crippen LogP contribution in [0.4, 0.5) is 0 Å². The van der Waals surface area contributed by atoms with Gasteiger partial charge in [0.2, 0.25) is 0 Å². The van der Waals surface area contributed by atoms with Crippen LogP contribution in [0.3, 0.4) is 0 Å². The van der Waals surface area contributed by atoms with Crippen molar-refractivity contribution in [3.05, 3.63) is 18.0 Å². The molecule has 3 heterocycles. The molecule has 11 heavy (non-hydrogen) atoms. The fraction of sp³-hybridized carbons (Fsp3) is 0.625. The standard InChI is InChI=1S/C8H11N3/c1-10-5-6-4-8(10)7-2-3-9-11(6)7/h2-3,6,8H,4-5H2,1H3. The van der Waals surface area contributed by atoms with Crippen LogP contribution in [0.15, 0.2) is 12.3 Å². The highest BCUT2D eigenvalue weighted by molar-refractivity contribution is 5.17. The summed E-state index contributed by atoms with van der Waals surface area (Å²) in [4.78, 5) is 2.42. The minimum absolute atomic E-state index is 0.655. The van der Waals surface area contributed by atoms with E-state index in [1.54, 1.807) is 0 Å². The molecule has 58 valence electrons. The van der Waals surface area contributed by atoms with E-state index in [9.17, 15) is 0 Å². The Morgan fingerprint density at radius 1 is 1.64 bits per heavy atom. The molecule has 1 aromatic heterocycles. The Kier molecular flexibility index (Phi) is 0.874. The summed E-state index contributed by atoms with van der Waals surface area (Å²) >= 11 is 0. The van der Waals surface area contributed by atoms with Gasteiger partial charge in [0.25, 0.3) is 0 Å². The van der Waals surface area contributed by atoms with E-state index in [0.717, 1.165) is 0 Å². The van der Waals surface area contributed by atoms with Gasteiger partial charge in [-0.05, 0) is 19.5 Å². The minimum Gasteiger partial charge on any atom is -0.296 e. The van der Waals surface area contributed by atoms with Crippen LogP contribution in [0.2, 0.25) is 0 Å². The third-order valence-corrected chi connectivity index (χ3v) is 2.91. The van der Waals surface area contributed by atoms with Crippen LogP contribution >= 0.6 is 0 Å². The van der Waals surface area contributed by atoms with Crippen LogP contribution in [0.5, 0.6) is 0 Å². The molecule has 3 nitrogen and oxygen atoms in total. The summed E-state index contributed by atoms with van der Waals surface area (Å²) in [5.41, 5.74) is 1.41. The number of aromatic nitrogens is 2. The molecule has 3 rings (SSSR count). The number of rotatable bonds is 0. The van der Waals surface area contributed by atoms with Gasteiger partial charge in [-0.15, -0.1) is 0 Å². The van der Waals surface area contributed by atoms with E-state index < -0.39 is 0 Å². The maximum absolute atomic E-state index is 4.30. The molecular weight excluding hydrogens is 138 g/mol. The highest BCUT2D eigenvalue weighted by Crippen LogP contribution is 2.43. The molecule has 1 saturated heterocycles. The van der Waals surface area contributed by atoms with Crippen molar-refractivity contribution in [2.75, 3.05) is 13.6 Å². The predicted octanol–water partition coefficient (Wildman–Crippen LogP) is 0.814. The molecule has 2 aliphatic heterocycles. The lowest BCUT2D eigenvalue weighted by Gasteiger charge is -2.22. The van der Waals surface area contributed by atoms with Gasteiger partial charge >= 0.3 is 0 Å². The van der Waals surface area contributed by atoms with Crippen LogP contribution in [-0.2, 0) is 0 Å². The number of hydrogen-bond donors (Lipinski definition) is 0. The smallest absolute Gasteiger partial charge is 0.0668 e. The average molecular weight is 149 g/mol. The quantitative estimate of drug-likeness (QED) is 0.544. The Balaban J connectivity index is 2.17. The van der Waals surface area contributed by atoms with Crippen LogP contribution < -0.4 is 0 Å². The second-order valence-electron chi connectivity index (χ2n) is 3.55. The highest BCUT2D eigenvalue weighted by Gasteiger charge is 2.40. The molecule has 0 amide bonds. The molecule has 0 aliphatic carbocycles. The van der Waals surface area contributed by atoms with Gasteiger partial charge in [0.1, 0.15) is 0 Å². The monoisotopic (exact) mass is 149 g/mol. The van der Waals surface area contributed by atoms with E-state index in [1.807, 2.05) is 6.20 Å². The van der Waals surface area contributed by atoms with Gasteiger partial charge in [0.15, 0.2) is 0 Å². The number of likely N-dealkylation sites (N-methyl/N-ethyl adjacent to an activating group) is 1. The van der Waals surface area contributed by atoms with Crippen LogP contribution in [0.1, 0.15) is 24.2 Å². The molecule has 0 radical (unpaired) electrons. The maximum atomic E-state index is 4.30. The molecule has 3 heteroatoms. The Morgan fingerprint density at radius 3 is 3.45 bits per heavy atom. The van der Waals surface area contributed by atoms with Gasteiger partial charge in [-0.25, -0.2) is 0 Å². The van der Waals surface area contributed by atoms with Crippen LogP contribution in [0.25, 0.3) is 0 Å². The maximum Gasteiger partial charge on any atom is 0.0668 e. The van der Waals surface area contributed by atoms with Gasteiger partial charge in [-0.1, -0.05) is 0 Å². The second-order valence-corrected chi connectivity index (χ2v) is 3.55. The Hall–Kier alpha value is -0.830. The van der Waals surface area contributed by atoms with Crippen molar-refractivity contribution in [2.24, 2.45) is 0 Å². The molecule has 2 aliphatic rings. The molecule has 1 fully saturated rings. The topological polar surface area (TPSA) is 21.1 Å². The van der Waals surface area contributed by atoms with Crippen molar-refractivity contribution >= 4 is 0 Å². The molecule has 0 saturated carbocycles. The summed E-state index contributed by atoms with van der Waals surface area (Å²) in [5.74, 6) is 0. The molecule has 1 aromatic rings. The van der Waals surface area contributed by atoms with Crippen molar-refractivity contribution in [2.45, 2.75) is 18.5 Å². The van der Waals surface area contributed by atoms with Gasteiger partial charge in [-0.3, -0.25) is 9.58 Å². The van der Waals surface area contributed by atoms with E-state index in [1.165, 1.54) is 18.7 Å². The summed E-state index contributed by atoms with van der Waals surface area (Å²) in [5, 5.41) is 4.30. The molecule has 0 spiro atoms. The fourth-order valence-electron chi connectivity index (χ4n) is 2.39. The third-order valence-electron chi connectivity index (χ3n) is 2.91. The minimum atomic E-state index is 0.655.